The van der Waals surface area contributed by atoms with E-state index in [1.807, 2.05) is 6.92 Å². The molecule has 3 rings (SSSR count). The van der Waals surface area contributed by atoms with Crippen LogP contribution in [0.5, 0.6) is 5.75 Å². The number of alkyl halides is 3. The zero-order valence-electron chi connectivity index (χ0n) is 13.9. The molecule has 0 aromatic heterocycles. The lowest BCUT2D eigenvalue weighted by molar-refractivity contribution is -0.143. The lowest BCUT2D eigenvalue weighted by atomic mass is 10.0. The second-order valence-electron chi connectivity index (χ2n) is 6.12. The molecule has 2 aromatic rings. The lowest BCUT2D eigenvalue weighted by Crippen LogP contribution is -2.56. The Morgan fingerprint density at radius 3 is 2.42 bits per heavy atom. The monoisotopic (exact) mass is 364 g/mol. The number of hydrogen-bond acceptors (Lipinski definition) is 3. The minimum Gasteiger partial charge on any atom is -0.466 e. The largest absolute Gasteiger partial charge is 0.466 e. The molecule has 5 nitrogen and oxygen atoms in total. The Kier molecular flexibility index (Phi) is 4.14. The number of benzene rings is 2. The van der Waals surface area contributed by atoms with Crippen LogP contribution in [-0.4, -0.2) is 17.4 Å². The fourth-order valence-corrected chi connectivity index (χ4v) is 2.48. The van der Waals surface area contributed by atoms with Gasteiger partial charge in [0.25, 0.3) is 17.4 Å². The van der Waals surface area contributed by atoms with E-state index >= 15 is 0 Å². The maximum Gasteiger partial charge on any atom is 0.416 e. The van der Waals surface area contributed by atoms with Crippen molar-refractivity contribution in [2.45, 2.75) is 25.6 Å². The quantitative estimate of drug-likeness (QED) is 0.798. The van der Waals surface area contributed by atoms with Gasteiger partial charge in [0.2, 0.25) is 0 Å². The molecule has 2 N–H and O–H groups in total. The van der Waals surface area contributed by atoms with Crippen LogP contribution in [0.15, 0.2) is 42.5 Å². The van der Waals surface area contributed by atoms with Crippen LogP contribution in [0.3, 0.4) is 0 Å². The number of amides is 2. The summed E-state index contributed by atoms with van der Waals surface area (Å²) in [6, 6.07) is 9.03. The van der Waals surface area contributed by atoms with E-state index in [1.54, 1.807) is 18.2 Å². The van der Waals surface area contributed by atoms with E-state index in [0.29, 0.717) is 11.4 Å². The highest BCUT2D eigenvalue weighted by Crippen LogP contribution is 2.35. The average Bonchev–Trinajstić information content (AvgIpc) is 2.56. The fourth-order valence-electron chi connectivity index (χ4n) is 2.48. The molecule has 0 saturated heterocycles. The zero-order valence-corrected chi connectivity index (χ0v) is 13.9. The average molecular weight is 364 g/mol. The Morgan fingerprint density at radius 2 is 1.81 bits per heavy atom. The molecular weight excluding hydrogens is 349 g/mol. The number of fused-ring (bicyclic) bond motifs is 1. The Morgan fingerprint density at radius 1 is 1.15 bits per heavy atom. The van der Waals surface area contributed by atoms with Gasteiger partial charge in [0.15, 0.2) is 0 Å². The first-order valence-electron chi connectivity index (χ1n) is 7.69. The topological polar surface area (TPSA) is 67.4 Å². The number of nitrogens with one attached hydrogen (secondary N) is 2. The number of anilines is 2. The van der Waals surface area contributed by atoms with Crippen LogP contribution in [-0.2, 0) is 15.8 Å². The second kappa shape index (κ2) is 6.05. The molecule has 0 fully saturated rings. The summed E-state index contributed by atoms with van der Waals surface area (Å²) >= 11 is 0. The van der Waals surface area contributed by atoms with Crippen LogP contribution in [0.2, 0.25) is 0 Å². The van der Waals surface area contributed by atoms with E-state index in [9.17, 15) is 22.8 Å². The molecule has 2 amide bonds. The first-order valence-corrected chi connectivity index (χ1v) is 7.69. The number of carbonyl (C=O) groups is 2. The number of halogens is 3. The third-order valence-corrected chi connectivity index (χ3v) is 4.03. The van der Waals surface area contributed by atoms with Crippen molar-refractivity contribution in [1.82, 2.24) is 0 Å². The normalized spacial score (nSPS) is 19.2. The predicted molar refractivity (Wildman–Crippen MR) is 88.9 cm³/mol. The second-order valence-corrected chi connectivity index (χ2v) is 6.12. The van der Waals surface area contributed by atoms with E-state index in [4.69, 9.17) is 4.74 Å². The molecule has 1 aliphatic heterocycles. The summed E-state index contributed by atoms with van der Waals surface area (Å²) in [5.74, 6) is -1.12. The third-order valence-electron chi connectivity index (χ3n) is 4.03. The summed E-state index contributed by atoms with van der Waals surface area (Å²) in [6.07, 6.45) is -4.47. The molecule has 0 spiro atoms. The van der Waals surface area contributed by atoms with Gasteiger partial charge in [-0.2, -0.15) is 13.2 Å². The molecule has 0 radical (unpaired) electrons. The van der Waals surface area contributed by atoms with E-state index in [2.05, 4.69) is 10.6 Å². The summed E-state index contributed by atoms with van der Waals surface area (Å²) in [5.41, 5.74) is -1.21. The lowest BCUT2D eigenvalue weighted by Gasteiger charge is -2.33. The smallest absolute Gasteiger partial charge is 0.416 e. The minimum atomic E-state index is -4.47. The molecule has 0 bridgehead atoms. The van der Waals surface area contributed by atoms with Gasteiger partial charge in [0.05, 0.1) is 11.3 Å². The highest BCUT2D eigenvalue weighted by molar-refractivity contribution is 6.19. The van der Waals surface area contributed by atoms with Crippen LogP contribution in [0, 0.1) is 6.92 Å². The SMILES string of the molecule is Cc1ccc2c(c1)NC(=O)C(C)(C(=O)Nc1ccc(C(F)(F)F)cc1)O2. The number of ether oxygens (including phenoxy) is 1. The van der Waals surface area contributed by atoms with Crippen molar-refractivity contribution in [1.29, 1.82) is 0 Å². The molecule has 0 aliphatic carbocycles. The van der Waals surface area contributed by atoms with Crippen LogP contribution in [0.25, 0.3) is 0 Å². The van der Waals surface area contributed by atoms with Crippen molar-refractivity contribution >= 4 is 23.2 Å². The maximum atomic E-state index is 12.6. The number of carbonyl (C=O) groups excluding carboxylic acids is 2. The zero-order chi connectivity index (χ0) is 19.1. The number of aryl methyl sites for hydroxylation is 1. The molecule has 0 saturated carbocycles. The van der Waals surface area contributed by atoms with Crippen molar-refractivity contribution < 1.29 is 27.5 Å². The molecule has 8 heteroatoms. The van der Waals surface area contributed by atoms with E-state index in [1.165, 1.54) is 6.92 Å². The van der Waals surface area contributed by atoms with Gasteiger partial charge in [-0.1, -0.05) is 6.07 Å². The molecule has 1 aliphatic rings. The van der Waals surface area contributed by atoms with Gasteiger partial charge in [0, 0.05) is 5.69 Å². The summed E-state index contributed by atoms with van der Waals surface area (Å²) in [6.45, 7) is 3.14. The summed E-state index contributed by atoms with van der Waals surface area (Å²) in [5, 5.41) is 5.02. The third kappa shape index (κ3) is 3.22. The maximum absolute atomic E-state index is 12.6. The van der Waals surface area contributed by atoms with E-state index in [-0.39, 0.29) is 5.69 Å². The van der Waals surface area contributed by atoms with Crippen LogP contribution in [0.1, 0.15) is 18.1 Å². The number of rotatable bonds is 2. The van der Waals surface area contributed by atoms with Crippen LogP contribution in [0.4, 0.5) is 24.5 Å². The summed E-state index contributed by atoms with van der Waals surface area (Å²) in [7, 11) is 0. The Balaban J connectivity index is 1.81. The molecule has 1 atom stereocenters. The van der Waals surface area contributed by atoms with Crippen LogP contribution < -0.4 is 15.4 Å². The Hall–Kier alpha value is -3.03. The molecular formula is C18H15F3N2O3. The summed E-state index contributed by atoms with van der Waals surface area (Å²) in [4.78, 5) is 24.9. The highest BCUT2D eigenvalue weighted by Gasteiger charge is 2.47. The van der Waals surface area contributed by atoms with Crippen molar-refractivity contribution in [2.75, 3.05) is 10.6 Å². The molecule has 1 heterocycles. The van der Waals surface area contributed by atoms with Gasteiger partial charge in [-0.05, 0) is 55.8 Å². The summed E-state index contributed by atoms with van der Waals surface area (Å²) < 4.78 is 43.4. The van der Waals surface area contributed by atoms with Gasteiger partial charge in [-0.25, -0.2) is 0 Å². The van der Waals surface area contributed by atoms with Gasteiger partial charge in [-0.3, -0.25) is 9.59 Å². The standard InChI is InChI=1S/C18H15F3N2O3/c1-10-3-8-14-13(9-10)23-16(25)17(2,26-14)15(24)22-12-6-4-11(5-7-12)18(19,20)21/h3-9H,1-2H3,(H,22,24)(H,23,25). The van der Waals surface area contributed by atoms with Crippen LogP contribution >= 0.6 is 0 Å². The van der Waals surface area contributed by atoms with E-state index in [0.717, 1.165) is 29.8 Å². The Labute approximate surface area is 147 Å². The van der Waals surface area contributed by atoms with Crippen molar-refractivity contribution in [3.05, 3.63) is 53.6 Å². The Bertz CT molecular complexity index is 878. The minimum absolute atomic E-state index is 0.121. The molecule has 136 valence electrons. The van der Waals surface area contributed by atoms with Gasteiger partial charge < -0.3 is 15.4 Å². The van der Waals surface area contributed by atoms with Crippen molar-refractivity contribution in [3.8, 4) is 5.75 Å². The highest BCUT2D eigenvalue weighted by atomic mass is 19.4. The van der Waals surface area contributed by atoms with Crippen molar-refractivity contribution in [2.24, 2.45) is 0 Å². The molecule has 26 heavy (non-hydrogen) atoms. The number of hydrogen-bond donors (Lipinski definition) is 2. The van der Waals surface area contributed by atoms with Gasteiger partial charge >= 0.3 is 6.18 Å². The van der Waals surface area contributed by atoms with Gasteiger partial charge in [0.1, 0.15) is 5.75 Å². The molecule has 1 unspecified atom stereocenters. The fraction of sp³-hybridized carbons (Fsp3) is 0.222. The van der Waals surface area contributed by atoms with Gasteiger partial charge in [-0.15, -0.1) is 0 Å². The first kappa shape index (κ1) is 17.8. The first-order chi connectivity index (χ1) is 12.1. The predicted octanol–water partition coefficient (Wildman–Crippen LogP) is 3.74. The van der Waals surface area contributed by atoms with Crippen molar-refractivity contribution in [3.63, 3.8) is 0 Å². The van der Waals surface area contributed by atoms with E-state index < -0.39 is 29.2 Å². The molecule has 2 aromatic carbocycles.